The summed E-state index contributed by atoms with van der Waals surface area (Å²) in [4.78, 5) is 0. The van der Waals surface area contributed by atoms with Crippen molar-refractivity contribution in [3.63, 3.8) is 0 Å². The molecule has 6 nitrogen and oxygen atoms in total. The highest BCUT2D eigenvalue weighted by molar-refractivity contribution is 7.90. The molecule has 130 valence electrons. The van der Waals surface area contributed by atoms with Gasteiger partial charge in [-0.1, -0.05) is 13.3 Å². The quantitative estimate of drug-likeness (QED) is 0.675. The van der Waals surface area contributed by atoms with Gasteiger partial charge >= 0.3 is 24.3 Å². The van der Waals surface area contributed by atoms with Crippen LogP contribution in [0.5, 0.6) is 0 Å². The lowest BCUT2D eigenvalue weighted by atomic mass is 10.6. The van der Waals surface area contributed by atoms with E-state index in [0.717, 1.165) is 12.5 Å². The molecule has 0 aromatic carbocycles. The van der Waals surface area contributed by atoms with Gasteiger partial charge in [0.2, 0.25) is 0 Å². The average Bonchev–Trinajstić information content (AvgIpc) is 2.28. The Labute approximate surface area is 125 Å². The maximum atomic E-state index is 10.8. The molecular weight excluding hydrogens is 331 g/mol. The highest BCUT2D eigenvalue weighted by Gasteiger charge is 2.42. The van der Waals surface area contributed by atoms with Crippen LogP contribution >= 0.6 is 0 Å². The van der Waals surface area contributed by atoms with Crippen LogP contribution in [0.1, 0.15) is 34.1 Å². The third-order valence-corrected chi connectivity index (χ3v) is 5.91. The Morgan fingerprint density at radius 1 is 0.952 bits per heavy atom. The molecule has 0 unspecified atom stereocenters. The fourth-order valence-corrected chi connectivity index (χ4v) is 3.92. The van der Waals surface area contributed by atoms with E-state index in [0.29, 0.717) is 19.8 Å². The maximum absolute atomic E-state index is 10.8. The van der Waals surface area contributed by atoms with Crippen molar-refractivity contribution < 1.29 is 34.9 Å². The van der Waals surface area contributed by atoms with Gasteiger partial charge in [-0.25, -0.2) is 13.6 Å². The Hall–Kier alpha value is -0.203. The molecule has 0 fully saturated rings. The molecule has 0 saturated heterocycles. The van der Waals surface area contributed by atoms with Crippen molar-refractivity contribution in [1.29, 1.82) is 0 Å². The molecule has 0 radical (unpaired) electrons. The van der Waals surface area contributed by atoms with E-state index in [1.54, 1.807) is 0 Å². The van der Waals surface area contributed by atoms with Crippen LogP contribution in [0.25, 0.3) is 0 Å². The van der Waals surface area contributed by atoms with Crippen LogP contribution in [0.2, 0.25) is 6.04 Å². The van der Waals surface area contributed by atoms with Gasteiger partial charge < -0.3 is 13.3 Å². The largest absolute Gasteiger partial charge is 0.511 e. The smallest absolute Gasteiger partial charge is 0.374 e. The van der Waals surface area contributed by atoms with Crippen LogP contribution in [-0.4, -0.2) is 42.6 Å². The van der Waals surface area contributed by atoms with Crippen molar-refractivity contribution in [2.75, 3.05) is 19.8 Å². The van der Waals surface area contributed by atoms with E-state index in [2.05, 4.69) is 12.1 Å². The molecule has 2 N–H and O–H groups in total. The zero-order valence-electron chi connectivity index (χ0n) is 12.7. The minimum Gasteiger partial charge on any atom is -0.374 e. The second-order valence-corrected chi connectivity index (χ2v) is 8.01. The normalized spacial score (nSPS) is 12.8. The van der Waals surface area contributed by atoms with Crippen molar-refractivity contribution in [3.8, 4) is 0 Å². The van der Waals surface area contributed by atoms with Gasteiger partial charge in [0, 0.05) is 25.9 Å². The van der Waals surface area contributed by atoms with Crippen LogP contribution in [0.4, 0.5) is 13.2 Å². The summed E-state index contributed by atoms with van der Waals surface area (Å²) >= 11 is 0. The number of primary sulfonamides is 1. The summed E-state index contributed by atoms with van der Waals surface area (Å²) < 4.78 is 68.1. The summed E-state index contributed by atoms with van der Waals surface area (Å²) in [5, 5.41) is 3.66. The van der Waals surface area contributed by atoms with Crippen LogP contribution in [0.15, 0.2) is 0 Å². The first-order valence-electron chi connectivity index (χ1n) is 6.50. The summed E-state index contributed by atoms with van der Waals surface area (Å²) in [6.07, 6.45) is 1.05. The molecule has 0 aliphatic heterocycles. The predicted molar refractivity (Wildman–Crippen MR) is 74.9 cm³/mol. The van der Waals surface area contributed by atoms with Gasteiger partial charge in [0.1, 0.15) is 0 Å². The van der Waals surface area contributed by atoms with Crippen LogP contribution < -0.4 is 5.14 Å². The molecule has 0 aliphatic rings. The van der Waals surface area contributed by atoms with Gasteiger partial charge in [0.25, 0.3) is 0 Å². The molecule has 0 atom stereocenters. The Balaban J connectivity index is 0. The van der Waals surface area contributed by atoms with Crippen molar-refractivity contribution in [1.82, 2.24) is 0 Å². The number of hydrogen-bond acceptors (Lipinski definition) is 5. The van der Waals surface area contributed by atoms with Gasteiger partial charge in [0.15, 0.2) is 0 Å². The zero-order chi connectivity index (χ0) is 17.2. The highest BCUT2D eigenvalue weighted by Crippen LogP contribution is 2.19. The first-order valence-corrected chi connectivity index (χ1v) is 9.98. The Morgan fingerprint density at radius 3 is 1.38 bits per heavy atom. The lowest BCUT2D eigenvalue weighted by Gasteiger charge is -2.27. The van der Waals surface area contributed by atoms with Gasteiger partial charge in [-0.3, -0.25) is 0 Å². The third kappa shape index (κ3) is 10.2. The van der Waals surface area contributed by atoms with Crippen LogP contribution in [0.3, 0.4) is 0 Å². The number of hydrogen-bond donors (Lipinski definition) is 1. The molecule has 0 heterocycles. The Bertz CT molecular complexity index is 335. The van der Waals surface area contributed by atoms with Crippen LogP contribution in [-0.2, 0) is 23.3 Å². The van der Waals surface area contributed by atoms with Gasteiger partial charge in [0.05, 0.1) is 0 Å². The van der Waals surface area contributed by atoms with E-state index >= 15 is 0 Å². The molecule has 0 rings (SSSR count). The second kappa shape index (κ2) is 10.5. The lowest BCUT2D eigenvalue weighted by molar-refractivity contribution is -0.0436. The molecule has 0 aromatic rings. The number of nitrogens with two attached hydrogens (primary N) is 1. The average molecular weight is 355 g/mol. The fraction of sp³-hybridized carbons (Fsp3) is 1.00. The Kier molecular flexibility index (Phi) is 11.5. The minimum atomic E-state index is -5.34. The van der Waals surface area contributed by atoms with E-state index in [-0.39, 0.29) is 0 Å². The molecular formula is C10H24F3NO5SSi. The number of sulfonamides is 1. The number of halogens is 3. The minimum absolute atomic E-state index is 0.673. The van der Waals surface area contributed by atoms with Crippen molar-refractivity contribution in [2.45, 2.75) is 45.7 Å². The van der Waals surface area contributed by atoms with Crippen molar-refractivity contribution in [3.05, 3.63) is 0 Å². The summed E-state index contributed by atoms with van der Waals surface area (Å²) in [6.45, 7) is 10.1. The van der Waals surface area contributed by atoms with Gasteiger partial charge in [-0.2, -0.15) is 13.2 Å². The van der Waals surface area contributed by atoms with E-state index < -0.39 is 24.3 Å². The predicted octanol–water partition coefficient (Wildman–Crippen LogP) is 2.24. The number of alkyl halides is 3. The van der Waals surface area contributed by atoms with Crippen molar-refractivity contribution >= 4 is 18.8 Å². The maximum Gasteiger partial charge on any atom is 0.511 e. The van der Waals surface area contributed by atoms with E-state index in [9.17, 15) is 21.6 Å². The summed E-state index contributed by atoms with van der Waals surface area (Å²) in [7, 11) is -7.64. The van der Waals surface area contributed by atoms with Gasteiger partial charge in [-0.05, 0) is 20.8 Å². The molecule has 0 bridgehead atoms. The molecule has 0 aliphatic carbocycles. The molecule has 0 spiro atoms. The number of rotatable bonds is 8. The molecule has 11 heteroatoms. The van der Waals surface area contributed by atoms with E-state index in [4.69, 9.17) is 13.3 Å². The van der Waals surface area contributed by atoms with Crippen molar-refractivity contribution in [2.24, 2.45) is 5.14 Å². The summed E-state index contributed by atoms with van der Waals surface area (Å²) in [6, 6.07) is 0.919. The third-order valence-electron chi connectivity index (χ3n) is 1.97. The molecule has 0 amide bonds. The van der Waals surface area contributed by atoms with E-state index in [1.165, 1.54) is 0 Å². The second-order valence-electron chi connectivity index (χ2n) is 3.72. The first kappa shape index (κ1) is 23.1. The van der Waals surface area contributed by atoms with E-state index in [1.807, 2.05) is 20.8 Å². The fourth-order valence-electron chi connectivity index (χ4n) is 1.31. The lowest BCUT2D eigenvalue weighted by Crippen LogP contribution is -2.45. The van der Waals surface area contributed by atoms with Gasteiger partial charge in [-0.15, -0.1) is 0 Å². The van der Waals surface area contributed by atoms with Crippen LogP contribution in [0, 0.1) is 0 Å². The highest BCUT2D eigenvalue weighted by atomic mass is 32.2. The summed E-state index contributed by atoms with van der Waals surface area (Å²) in [5.41, 5.74) is -5.31. The Morgan fingerprint density at radius 2 is 1.24 bits per heavy atom. The molecule has 0 saturated carbocycles. The summed E-state index contributed by atoms with van der Waals surface area (Å²) in [5.74, 6) is 0. The topological polar surface area (TPSA) is 87.8 Å². The first-order chi connectivity index (χ1) is 9.49. The molecule has 21 heavy (non-hydrogen) atoms. The zero-order valence-corrected chi connectivity index (χ0v) is 14.5. The standard InChI is InChI=1S/C9H22O3Si.CH2F3NO2S/c1-5-9-13(10-6-2,11-7-3)12-8-4;2-1(3,4)8(5,6)7/h5-9H2,1-4H3;(H2,5,6,7). The monoisotopic (exact) mass is 355 g/mol. The SMILES string of the molecule is CCC[Si](OCC)(OCC)OCC.NS(=O)(=O)C(F)(F)F. The molecule has 0 aromatic heterocycles.